The molecular weight excluding hydrogens is 339 g/mol. The fourth-order valence-corrected chi connectivity index (χ4v) is 1.94. The molecule has 0 aliphatic carbocycles. The lowest BCUT2D eigenvalue weighted by molar-refractivity contribution is -0.138. The van der Waals surface area contributed by atoms with Gasteiger partial charge in [-0.15, -0.1) is 0 Å². The number of hydrogen-bond acceptors (Lipinski definition) is 4. The average Bonchev–Trinajstić information content (AvgIpc) is 2.48. The summed E-state index contributed by atoms with van der Waals surface area (Å²) in [5.41, 5.74) is -1.54. The summed E-state index contributed by atoms with van der Waals surface area (Å²) in [5.74, 6) is -2.45. The number of carboxylic acids is 1. The molecule has 1 aromatic carbocycles. The summed E-state index contributed by atoms with van der Waals surface area (Å²) in [7, 11) is 1.20. The van der Waals surface area contributed by atoms with Crippen molar-refractivity contribution in [2.24, 2.45) is 0 Å². The molecule has 2 rings (SSSR count). The molecule has 2 aromatic rings. The van der Waals surface area contributed by atoms with Crippen molar-refractivity contribution in [1.82, 2.24) is 4.98 Å². The maximum atomic E-state index is 13.1. The maximum Gasteiger partial charge on any atom is 0.420 e. The number of alkyl halides is 3. The monoisotopic (exact) mass is 347 g/mol. The minimum atomic E-state index is -4.75. The minimum Gasteiger partial charge on any atom is -0.497 e. The molecule has 0 atom stereocenters. The summed E-state index contributed by atoms with van der Waals surface area (Å²) >= 11 is 5.82. The Kier molecular flexibility index (Phi) is 4.65. The van der Waals surface area contributed by atoms with Crippen molar-refractivity contribution < 1.29 is 32.5 Å². The van der Waals surface area contributed by atoms with Crippen LogP contribution in [0, 0.1) is 0 Å². The standard InChI is InChI=1S/C14H9ClF3NO4/c1-22-7-5-8(14(16,17)18)12(9(15)6-7)23-11-4-2-3-10(19-11)13(20)21/h2-6H,1H3,(H,20,21). The zero-order valence-electron chi connectivity index (χ0n) is 11.5. The lowest BCUT2D eigenvalue weighted by Crippen LogP contribution is -2.09. The summed E-state index contributed by atoms with van der Waals surface area (Å²) in [6, 6.07) is 5.55. The fraction of sp³-hybridized carbons (Fsp3) is 0.143. The third kappa shape index (κ3) is 3.84. The second kappa shape index (κ2) is 6.33. The Labute approximate surface area is 133 Å². The van der Waals surface area contributed by atoms with Crippen molar-refractivity contribution in [3.05, 3.63) is 46.6 Å². The molecule has 0 radical (unpaired) electrons. The van der Waals surface area contributed by atoms with Gasteiger partial charge in [0.05, 0.1) is 12.1 Å². The lowest BCUT2D eigenvalue weighted by atomic mass is 10.2. The number of aromatic nitrogens is 1. The second-order valence-electron chi connectivity index (χ2n) is 4.25. The first-order chi connectivity index (χ1) is 10.7. The molecule has 1 aromatic heterocycles. The molecule has 0 saturated carbocycles. The van der Waals surface area contributed by atoms with Gasteiger partial charge in [-0.2, -0.15) is 13.2 Å². The Morgan fingerprint density at radius 3 is 2.57 bits per heavy atom. The van der Waals surface area contributed by atoms with Gasteiger partial charge in [0.15, 0.2) is 11.4 Å². The van der Waals surface area contributed by atoms with Crippen LogP contribution < -0.4 is 9.47 Å². The highest BCUT2D eigenvalue weighted by Gasteiger charge is 2.36. The number of methoxy groups -OCH3 is 1. The van der Waals surface area contributed by atoms with Crippen LogP contribution in [0.15, 0.2) is 30.3 Å². The van der Waals surface area contributed by atoms with Crippen LogP contribution in [-0.2, 0) is 6.18 Å². The molecule has 0 amide bonds. The Balaban J connectivity index is 2.51. The molecule has 122 valence electrons. The highest BCUT2D eigenvalue weighted by Crippen LogP contribution is 2.44. The highest BCUT2D eigenvalue weighted by atomic mass is 35.5. The number of aromatic carboxylic acids is 1. The van der Waals surface area contributed by atoms with Gasteiger partial charge in [-0.25, -0.2) is 9.78 Å². The van der Waals surface area contributed by atoms with Gasteiger partial charge in [0.2, 0.25) is 5.88 Å². The molecule has 0 spiro atoms. The van der Waals surface area contributed by atoms with Gasteiger partial charge >= 0.3 is 12.1 Å². The third-order valence-electron chi connectivity index (χ3n) is 2.71. The molecule has 23 heavy (non-hydrogen) atoms. The highest BCUT2D eigenvalue weighted by molar-refractivity contribution is 6.32. The normalized spacial score (nSPS) is 11.2. The summed E-state index contributed by atoms with van der Waals surface area (Å²) in [6.07, 6.45) is -4.75. The summed E-state index contributed by atoms with van der Waals surface area (Å²) < 4.78 is 49.3. The van der Waals surface area contributed by atoms with Crippen LogP contribution in [0.4, 0.5) is 13.2 Å². The van der Waals surface area contributed by atoms with Crippen molar-refractivity contribution in [2.45, 2.75) is 6.18 Å². The number of hydrogen-bond donors (Lipinski definition) is 1. The SMILES string of the molecule is COc1cc(Cl)c(Oc2cccc(C(=O)O)n2)c(C(F)(F)F)c1. The van der Waals surface area contributed by atoms with Crippen LogP contribution in [0.5, 0.6) is 17.4 Å². The van der Waals surface area contributed by atoms with Crippen LogP contribution in [0.1, 0.15) is 16.1 Å². The molecule has 0 unspecified atom stereocenters. The van der Waals surface area contributed by atoms with Gasteiger partial charge in [-0.05, 0) is 12.1 Å². The molecule has 0 saturated heterocycles. The number of rotatable bonds is 4. The molecule has 1 N–H and O–H groups in total. The molecule has 0 bridgehead atoms. The van der Waals surface area contributed by atoms with Gasteiger partial charge in [0, 0.05) is 12.1 Å². The van der Waals surface area contributed by atoms with Gasteiger partial charge in [-0.3, -0.25) is 0 Å². The zero-order chi connectivity index (χ0) is 17.2. The minimum absolute atomic E-state index is 0.0954. The van der Waals surface area contributed by atoms with E-state index in [-0.39, 0.29) is 22.3 Å². The second-order valence-corrected chi connectivity index (χ2v) is 4.66. The number of pyridine rings is 1. The largest absolute Gasteiger partial charge is 0.497 e. The number of nitrogens with zero attached hydrogens (tertiary/aromatic N) is 1. The quantitative estimate of drug-likeness (QED) is 0.895. The molecule has 0 aliphatic heterocycles. The molecule has 0 aliphatic rings. The van der Waals surface area contributed by atoms with E-state index in [1.165, 1.54) is 25.3 Å². The Morgan fingerprint density at radius 2 is 2.00 bits per heavy atom. The van der Waals surface area contributed by atoms with Crippen LogP contribution in [0.25, 0.3) is 0 Å². The third-order valence-corrected chi connectivity index (χ3v) is 2.99. The van der Waals surface area contributed by atoms with Crippen molar-refractivity contribution in [3.63, 3.8) is 0 Å². The molecular formula is C14H9ClF3NO4. The van der Waals surface area contributed by atoms with Crippen molar-refractivity contribution in [1.29, 1.82) is 0 Å². The summed E-state index contributed by atoms with van der Waals surface area (Å²) in [5, 5.41) is 8.49. The van der Waals surface area contributed by atoms with E-state index >= 15 is 0 Å². The first kappa shape index (κ1) is 16.9. The first-order valence-corrected chi connectivity index (χ1v) is 6.43. The van der Waals surface area contributed by atoms with E-state index in [0.29, 0.717) is 0 Å². The Bertz CT molecular complexity index is 749. The average molecular weight is 348 g/mol. The van der Waals surface area contributed by atoms with Crippen LogP contribution in [-0.4, -0.2) is 23.2 Å². The molecule has 5 nitrogen and oxygen atoms in total. The van der Waals surface area contributed by atoms with Gasteiger partial charge in [-0.1, -0.05) is 17.7 Å². The maximum absolute atomic E-state index is 13.1. The van der Waals surface area contributed by atoms with Crippen LogP contribution in [0.3, 0.4) is 0 Å². The molecule has 0 fully saturated rings. The van der Waals surface area contributed by atoms with Crippen molar-refractivity contribution >= 4 is 17.6 Å². The molecule has 1 heterocycles. The summed E-state index contributed by atoms with van der Waals surface area (Å²) in [6.45, 7) is 0. The van der Waals surface area contributed by atoms with E-state index in [4.69, 9.17) is 26.2 Å². The predicted molar refractivity (Wildman–Crippen MR) is 74.3 cm³/mol. The van der Waals surface area contributed by atoms with Gasteiger partial charge < -0.3 is 14.6 Å². The van der Waals surface area contributed by atoms with Crippen molar-refractivity contribution in [3.8, 4) is 17.4 Å². The topological polar surface area (TPSA) is 68.7 Å². The number of halogens is 4. The van der Waals surface area contributed by atoms with Crippen molar-refractivity contribution in [2.75, 3.05) is 7.11 Å². The smallest absolute Gasteiger partial charge is 0.420 e. The molecule has 9 heteroatoms. The Hall–Kier alpha value is -2.48. The van der Waals surface area contributed by atoms with Gasteiger partial charge in [0.25, 0.3) is 0 Å². The number of carbonyl (C=O) groups is 1. The van der Waals surface area contributed by atoms with E-state index in [1.54, 1.807) is 0 Å². The number of ether oxygens (including phenoxy) is 2. The van der Waals surface area contributed by atoms with E-state index in [0.717, 1.165) is 12.1 Å². The fourth-order valence-electron chi connectivity index (χ4n) is 1.70. The summed E-state index contributed by atoms with van der Waals surface area (Å²) in [4.78, 5) is 14.4. The first-order valence-electron chi connectivity index (χ1n) is 6.05. The van der Waals surface area contributed by atoms with Crippen LogP contribution >= 0.6 is 11.6 Å². The van der Waals surface area contributed by atoms with E-state index in [2.05, 4.69) is 4.98 Å². The number of carboxylic acid groups (broad SMARTS) is 1. The number of benzene rings is 1. The van der Waals surface area contributed by atoms with Crippen LogP contribution in [0.2, 0.25) is 5.02 Å². The predicted octanol–water partition coefficient (Wildman–Crippen LogP) is 4.25. The Morgan fingerprint density at radius 1 is 1.30 bits per heavy atom. The van der Waals surface area contributed by atoms with E-state index < -0.39 is 23.5 Å². The zero-order valence-corrected chi connectivity index (χ0v) is 12.3. The van der Waals surface area contributed by atoms with Gasteiger partial charge in [0.1, 0.15) is 11.3 Å². The lowest BCUT2D eigenvalue weighted by Gasteiger charge is -2.16. The van der Waals surface area contributed by atoms with E-state index in [1.807, 2.05) is 0 Å². The van der Waals surface area contributed by atoms with E-state index in [9.17, 15) is 18.0 Å².